The number of benzene rings is 1. The van der Waals surface area contributed by atoms with Gasteiger partial charge in [-0.2, -0.15) is 4.31 Å². The van der Waals surface area contributed by atoms with Crippen molar-refractivity contribution in [2.75, 3.05) is 20.2 Å². The fraction of sp³-hybridized carbons (Fsp3) is 0.500. The van der Waals surface area contributed by atoms with E-state index in [0.29, 0.717) is 30.2 Å². The maximum atomic E-state index is 12.4. The molecule has 1 saturated heterocycles. The number of methoxy groups -OCH3 is 1. The van der Waals surface area contributed by atoms with Crippen LogP contribution in [0.3, 0.4) is 0 Å². The molecule has 1 fully saturated rings. The van der Waals surface area contributed by atoms with E-state index in [-0.39, 0.29) is 6.04 Å². The monoisotopic (exact) mass is 270 g/mol. The summed E-state index contributed by atoms with van der Waals surface area (Å²) in [5, 5.41) is 0. The van der Waals surface area contributed by atoms with Gasteiger partial charge in [-0.15, -0.1) is 0 Å². The summed E-state index contributed by atoms with van der Waals surface area (Å²) in [7, 11) is -1.86. The van der Waals surface area contributed by atoms with Gasteiger partial charge in [0.05, 0.1) is 12.0 Å². The summed E-state index contributed by atoms with van der Waals surface area (Å²) >= 11 is 0. The molecule has 0 aliphatic carbocycles. The third-order valence-electron chi connectivity index (χ3n) is 3.19. The Hall–Kier alpha value is -1.11. The van der Waals surface area contributed by atoms with Crippen molar-refractivity contribution < 1.29 is 13.2 Å². The smallest absolute Gasteiger partial charge is 0.243 e. The van der Waals surface area contributed by atoms with Crippen LogP contribution in [0.1, 0.15) is 12.0 Å². The summed E-state index contributed by atoms with van der Waals surface area (Å²) in [5.74, 6) is 0.687. The van der Waals surface area contributed by atoms with Gasteiger partial charge in [0.15, 0.2) is 0 Å². The van der Waals surface area contributed by atoms with Crippen LogP contribution in [0.5, 0.6) is 5.75 Å². The van der Waals surface area contributed by atoms with Crippen molar-refractivity contribution in [2.24, 2.45) is 5.73 Å². The third kappa shape index (κ3) is 2.36. The number of aryl methyl sites for hydroxylation is 1. The number of hydrogen-bond acceptors (Lipinski definition) is 4. The lowest BCUT2D eigenvalue weighted by molar-refractivity contribution is 0.411. The highest BCUT2D eigenvalue weighted by molar-refractivity contribution is 7.89. The number of hydrogen-bond donors (Lipinski definition) is 1. The van der Waals surface area contributed by atoms with E-state index in [0.717, 1.165) is 5.56 Å². The van der Waals surface area contributed by atoms with E-state index in [1.165, 1.54) is 4.31 Å². The summed E-state index contributed by atoms with van der Waals surface area (Å²) < 4.78 is 31.3. The molecule has 0 unspecified atom stereocenters. The van der Waals surface area contributed by atoms with E-state index in [2.05, 4.69) is 0 Å². The maximum Gasteiger partial charge on any atom is 0.243 e. The molecule has 2 N–H and O–H groups in total. The Balaban J connectivity index is 2.33. The van der Waals surface area contributed by atoms with Crippen LogP contribution in [0.4, 0.5) is 0 Å². The van der Waals surface area contributed by atoms with E-state index in [9.17, 15) is 8.42 Å². The van der Waals surface area contributed by atoms with E-state index in [1.807, 2.05) is 6.92 Å². The normalized spacial score (nSPS) is 21.2. The Kier molecular flexibility index (Phi) is 3.61. The van der Waals surface area contributed by atoms with Crippen molar-refractivity contribution in [3.05, 3.63) is 23.8 Å². The van der Waals surface area contributed by atoms with Gasteiger partial charge in [0.25, 0.3) is 0 Å². The molecule has 18 heavy (non-hydrogen) atoms. The molecular weight excluding hydrogens is 252 g/mol. The molecule has 1 heterocycles. The Morgan fingerprint density at radius 3 is 2.67 bits per heavy atom. The standard InChI is InChI=1S/C12H18N2O3S/c1-9-7-11(3-4-12(9)17-2)18(15,16)14-6-5-10(13)8-14/h3-4,7,10H,5-6,8,13H2,1-2H3/t10-/m0/s1. The molecule has 2 rings (SSSR count). The second-order valence-electron chi connectivity index (χ2n) is 4.54. The molecule has 1 aromatic carbocycles. The minimum Gasteiger partial charge on any atom is -0.496 e. The molecule has 5 nitrogen and oxygen atoms in total. The first-order valence-corrected chi connectivity index (χ1v) is 7.29. The van der Waals surface area contributed by atoms with Gasteiger partial charge in [0, 0.05) is 19.1 Å². The SMILES string of the molecule is COc1ccc(S(=O)(=O)N2CC[C@H](N)C2)cc1C. The van der Waals surface area contributed by atoms with Crippen molar-refractivity contribution in [3.8, 4) is 5.75 Å². The Morgan fingerprint density at radius 1 is 1.44 bits per heavy atom. The van der Waals surface area contributed by atoms with Crippen molar-refractivity contribution in [3.63, 3.8) is 0 Å². The fourth-order valence-electron chi connectivity index (χ4n) is 2.13. The summed E-state index contributed by atoms with van der Waals surface area (Å²) in [4.78, 5) is 0.301. The molecule has 0 saturated carbocycles. The molecule has 6 heteroatoms. The van der Waals surface area contributed by atoms with Crippen molar-refractivity contribution >= 4 is 10.0 Å². The number of sulfonamides is 1. The zero-order valence-corrected chi connectivity index (χ0v) is 11.4. The van der Waals surface area contributed by atoms with Crippen LogP contribution in [0.15, 0.2) is 23.1 Å². The van der Waals surface area contributed by atoms with Gasteiger partial charge >= 0.3 is 0 Å². The maximum absolute atomic E-state index is 12.4. The summed E-state index contributed by atoms with van der Waals surface area (Å²) in [5.41, 5.74) is 6.56. The van der Waals surface area contributed by atoms with E-state index < -0.39 is 10.0 Å². The minimum atomic E-state index is -3.42. The van der Waals surface area contributed by atoms with Crippen molar-refractivity contribution in [1.82, 2.24) is 4.31 Å². The highest BCUT2D eigenvalue weighted by Gasteiger charge is 2.31. The highest BCUT2D eigenvalue weighted by atomic mass is 32.2. The minimum absolute atomic E-state index is 0.0564. The molecule has 0 aromatic heterocycles. The highest BCUT2D eigenvalue weighted by Crippen LogP contribution is 2.25. The van der Waals surface area contributed by atoms with Gasteiger partial charge in [0.1, 0.15) is 5.75 Å². The predicted molar refractivity (Wildman–Crippen MR) is 69.1 cm³/mol. The summed E-state index contributed by atoms with van der Waals surface area (Å²) in [6.45, 7) is 2.72. The third-order valence-corrected chi connectivity index (χ3v) is 5.05. The molecule has 0 amide bonds. The first kappa shape index (κ1) is 13.3. The quantitative estimate of drug-likeness (QED) is 0.878. The van der Waals surface area contributed by atoms with Gasteiger partial charge in [-0.1, -0.05) is 0 Å². The topological polar surface area (TPSA) is 72.6 Å². The van der Waals surface area contributed by atoms with Crippen molar-refractivity contribution in [2.45, 2.75) is 24.3 Å². The summed E-state index contributed by atoms with van der Waals surface area (Å²) in [6.07, 6.45) is 0.717. The van der Waals surface area contributed by atoms with Crippen LogP contribution in [-0.2, 0) is 10.0 Å². The van der Waals surface area contributed by atoms with Gasteiger partial charge in [-0.3, -0.25) is 0 Å². The number of nitrogens with two attached hydrogens (primary N) is 1. The van der Waals surface area contributed by atoms with Crippen LogP contribution in [0.25, 0.3) is 0 Å². The number of rotatable bonds is 3. The van der Waals surface area contributed by atoms with Crippen LogP contribution in [0.2, 0.25) is 0 Å². The lowest BCUT2D eigenvalue weighted by Gasteiger charge is -2.16. The summed E-state index contributed by atoms with van der Waals surface area (Å²) in [6, 6.07) is 4.83. The molecule has 1 aliphatic heterocycles. The van der Waals surface area contributed by atoms with Gasteiger partial charge in [-0.05, 0) is 37.1 Å². The first-order chi connectivity index (χ1) is 8.45. The zero-order valence-electron chi connectivity index (χ0n) is 10.6. The lowest BCUT2D eigenvalue weighted by atomic mass is 10.2. The van der Waals surface area contributed by atoms with Gasteiger partial charge in [-0.25, -0.2) is 8.42 Å². The lowest BCUT2D eigenvalue weighted by Crippen LogP contribution is -2.32. The predicted octanol–water partition coefficient (Wildman–Crippen LogP) is 0.725. The largest absolute Gasteiger partial charge is 0.496 e. The average molecular weight is 270 g/mol. The molecule has 0 spiro atoms. The molecule has 1 aromatic rings. The average Bonchev–Trinajstić information content (AvgIpc) is 2.76. The van der Waals surface area contributed by atoms with E-state index in [4.69, 9.17) is 10.5 Å². The Labute approximate surface area is 108 Å². The zero-order chi connectivity index (χ0) is 13.3. The Bertz CT molecular complexity index is 542. The Morgan fingerprint density at radius 2 is 2.17 bits per heavy atom. The first-order valence-electron chi connectivity index (χ1n) is 5.85. The van der Waals surface area contributed by atoms with Crippen LogP contribution < -0.4 is 10.5 Å². The van der Waals surface area contributed by atoms with Gasteiger partial charge in [0.2, 0.25) is 10.0 Å². The molecule has 100 valence electrons. The molecule has 1 aliphatic rings. The van der Waals surface area contributed by atoms with Crippen molar-refractivity contribution in [1.29, 1.82) is 0 Å². The second kappa shape index (κ2) is 4.87. The molecular formula is C12H18N2O3S. The molecule has 0 radical (unpaired) electrons. The number of ether oxygens (including phenoxy) is 1. The fourth-order valence-corrected chi connectivity index (χ4v) is 3.73. The van der Waals surface area contributed by atoms with Gasteiger partial charge < -0.3 is 10.5 Å². The van der Waals surface area contributed by atoms with E-state index >= 15 is 0 Å². The van der Waals surface area contributed by atoms with Crippen LogP contribution in [0, 0.1) is 6.92 Å². The molecule has 0 bridgehead atoms. The van der Waals surface area contributed by atoms with E-state index in [1.54, 1.807) is 25.3 Å². The van der Waals surface area contributed by atoms with Crippen LogP contribution in [-0.4, -0.2) is 39.0 Å². The number of nitrogens with zero attached hydrogens (tertiary/aromatic N) is 1. The van der Waals surface area contributed by atoms with Crippen LogP contribution >= 0.6 is 0 Å². The second-order valence-corrected chi connectivity index (χ2v) is 6.48. The molecule has 1 atom stereocenters.